The Bertz CT molecular complexity index is 582. The summed E-state index contributed by atoms with van der Waals surface area (Å²) in [5.41, 5.74) is 8.13. The summed E-state index contributed by atoms with van der Waals surface area (Å²) in [6.07, 6.45) is 1.61. The minimum atomic E-state index is -0.416. The van der Waals surface area contributed by atoms with E-state index < -0.39 is 4.92 Å². The number of aryl methyl sites for hydroxylation is 1. The molecule has 0 bridgehead atoms. The van der Waals surface area contributed by atoms with Crippen LogP contribution >= 0.6 is 0 Å². The molecule has 0 aliphatic heterocycles. The third-order valence-electron chi connectivity index (χ3n) is 2.51. The van der Waals surface area contributed by atoms with Crippen molar-refractivity contribution in [1.29, 1.82) is 0 Å². The molecule has 86 valence electrons. The predicted octanol–water partition coefficient (Wildman–Crippen LogP) is 2.55. The van der Waals surface area contributed by atoms with Crippen molar-refractivity contribution >= 4 is 11.5 Å². The fraction of sp³-hybridized carbons (Fsp3) is 0.0833. The van der Waals surface area contributed by atoms with Crippen molar-refractivity contribution < 1.29 is 4.92 Å². The number of benzene rings is 1. The van der Waals surface area contributed by atoms with E-state index in [1.54, 1.807) is 18.3 Å². The summed E-state index contributed by atoms with van der Waals surface area (Å²) in [6.45, 7) is 1.85. The lowest BCUT2D eigenvalue weighted by molar-refractivity contribution is -0.384. The van der Waals surface area contributed by atoms with Crippen LogP contribution in [-0.2, 0) is 0 Å². The van der Waals surface area contributed by atoms with Gasteiger partial charge in [0.15, 0.2) is 0 Å². The largest absolute Gasteiger partial charge is 0.383 e. The number of nitro groups is 1. The first-order valence-corrected chi connectivity index (χ1v) is 5.05. The van der Waals surface area contributed by atoms with E-state index in [-0.39, 0.29) is 5.69 Å². The molecule has 2 N–H and O–H groups in total. The Morgan fingerprint density at radius 2 is 2.06 bits per heavy atom. The Balaban J connectivity index is 2.49. The molecule has 0 fully saturated rings. The standard InChI is InChI=1S/C12H11N3O2/c1-8-5-10(7-14-12(8)13)9-3-2-4-11(6-9)15(16)17/h2-7H,1H3,(H2,13,14). The number of pyridine rings is 1. The molecule has 2 rings (SSSR count). The van der Waals surface area contributed by atoms with Crippen molar-refractivity contribution in [2.45, 2.75) is 6.92 Å². The molecule has 5 nitrogen and oxygen atoms in total. The Hall–Kier alpha value is -2.43. The molecule has 0 aliphatic rings. The zero-order chi connectivity index (χ0) is 12.4. The van der Waals surface area contributed by atoms with Gasteiger partial charge in [0, 0.05) is 23.9 Å². The number of nitrogen functional groups attached to an aromatic ring is 1. The first-order chi connectivity index (χ1) is 8.08. The van der Waals surface area contributed by atoms with Crippen molar-refractivity contribution in [3.05, 3.63) is 52.2 Å². The monoisotopic (exact) mass is 229 g/mol. The van der Waals surface area contributed by atoms with Crippen LogP contribution in [0.5, 0.6) is 0 Å². The van der Waals surface area contributed by atoms with Gasteiger partial charge in [-0.15, -0.1) is 0 Å². The number of hydrogen-bond acceptors (Lipinski definition) is 4. The van der Waals surface area contributed by atoms with Crippen molar-refractivity contribution in [2.75, 3.05) is 5.73 Å². The summed E-state index contributed by atoms with van der Waals surface area (Å²) < 4.78 is 0. The van der Waals surface area contributed by atoms with Crippen LogP contribution in [0.25, 0.3) is 11.1 Å². The topological polar surface area (TPSA) is 82.0 Å². The smallest absolute Gasteiger partial charge is 0.270 e. The van der Waals surface area contributed by atoms with Crippen molar-refractivity contribution in [1.82, 2.24) is 4.98 Å². The van der Waals surface area contributed by atoms with Crippen LogP contribution in [0, 0.1) is 17.0 Å². The number of nitro benzene ring substituents is 1. The minimum Gasteiger partial charge on any atom is -0.383 e. The minimum absolute atomic E-state index is 0.0666. The number of anilines is 1. The molecule has 0 saturated heterocycles. The molecule has 1 aromatic carbocycles. The lowest BCUT2D eigenvalue weighted by Gasteiger charge is -2.04. The second-order valence-electron chi connectivity index (χ2n) is 3.73. The highest BCUT2D eigenvalue weighted by molar-refractivity contribution is 5.67. The highest BCUT2D eigenvalue weighted by Crippen LogP contribution is 2.24. The number of rotatable bonds is 2. The Morgan fingerprint density at radius 1 is 1.29 bits per heavy atom. The van der Waals surface area contributed by atoms with Gasteiger partial charge in [-0.05, 0) is 24.1 Å². The van der Waals surface area contributed by atoms with Gasteiger partial charge in [-0.2, -0.15) is 0 Å². The van der Waals surface area contributed by atoms with Gasteiger partial charge < -0.3 is 5.73 Å². The van der Waals surface area contributed by atoms with E-state index in [1.807, 2.05) is 13.0 Å². The second-order valence-corrected chi connectivity index (χ2v) is 3.73. The zero-order valence-electron chi connectivity index (χ0n) is 9.25. The first kappa shape index (κ1) is 11.1. The molecular weight excluding hydrogens is 218 g/mol. The van der Waals surface area contributed by atoms with Gasteiger partial charge in [0.05, 0.1) is 4.92 Å². The number of aromatic nitrogens is 1. The van der Waals surface area contributed by atoms with Crippen molar-refractivity contribution in [2.24, 2.45) is 0 Å². The third kappa shape index (κ3) is 2.23. The Labute approximate surface area is 98.1 Å². The maximum atomic E-state index is 10.7. The molecule has 0 amide bonds. The average Bonchev–Trinajstić information content (AvgIpc) is 2.33. The maximum absolute atomic E-state index is 10.7. The predicted molar refractivity (Wildman–Crippen MR) is 65.5 cm³/mol. The molecular formula is C12H11N3O2. The van der Waals surface area contributed by atoms with E-state index in [4.69, 9.17) is 5.73 Å². The van der Waals surface area contributed by atoms with Gasteiger partial charge in [-0.25, -0.2) is 4.98 Å². The summed E-state index contributed by atoms with van der Waals surface area (Å²) in [7, 11) is 0. The molecule has 5 heteroatoms. The van der Waals surface area contributed by atoms with Crippen LogP contribution in [-0.4, -0.2) is 9.91 Å². The van der Waals surface area contributed by atoms with Crippen LogP contribution in [0.1, 0.15) is 5.56 Å². The van der Waals surface area contributed by atoms with Gasteiger partial charge in [0.25, 0.3) is 5.69 Å². The molecule has 1 heterocycles. The lowest BCUT2D eigenvalue weighted by Crippen LogP contribution is -1.94. The van der Waals surface area contributed by atoms with E-state index in [1.165, 1.54) is 12.1 Å². The van der Waals surface area contributed by atoms with E-state index >= 15 is 0 Å². The summed E-state index contributed by atoms with van der Waals surface area (Å²) in [5.74, 6) is 0.471. The summed E-state index contributed by atoms with van der Waals surface area (Å²) >= 11 is 0. The van der Waals surface area contributed by atoms with Gasteiger partial charge in [0.2, 0.25) is 0 Å². The van der Waals surface area contributed by atoms with Crippen molar-refractivity contribution in [3.8, 4) is 11.1 Å². The molecule has 0 radical (unpaired) electrons. The highest BCUT2D eigenvalue weighted by atomic mass is 16.6. The van der Waals surface area contributed by atoms with Crippen LogP contribution < -0.4 is 5.73 Å². The number of nitrogens with zero attached hydrogens (tertiary/aromatic N) is 2. The normalized spacial score (nSPS) is 10.2. The van der Waals surface area contributed by atoms with E-state index in [2.05, 4.69) is 4.98 Å². The third-order valence-corrected chi connectivity index (χ3v) is 2.51. The van der Waals surface area contributed by atoms with Crippen molar-refractivity contribution in [3.63, 3.8) is 0 Å². The molecule has 17 heavy (non-hydrogen) atoms. The number of hydrogen-bond donors (Lipinski definition) is 1. The van der Waals surface area contributed by atoms with E-state index in [9.17, 15) is 10.1 Å². The van der Waals surface area contributed by atoms with Crippen LogP contribution in [0.3, 0.4) is 0 Å². The summed E-state index contributed by atoms with van der Waals surface area (Å²) in [6, 6.07) is 8.30. The fourth-order valence-electron chi connectivity index (χ4n) is 1.54. The molecule has 0 atom stereocenters. The quantitative estimate of drug-likeness (QED) is 0.633. The van der Waals surface area contributed by atoms with Gasteiger partial charge >= 0.3 is 0 Å². The summed E-state index contributed by atoms with van der Waals surface area (Å²) in [4.78, 5) is 14.3. The number of non-ortho nitro benzene ring substituents is 1. The van der Waals surface area contributed by atoms with E-state index in [0.717, 1.165) is 16.7 Å². The van der Waals surface area contributed by atoms with Crippen LogP contribution in [0.2, 0.25) is 0 Å². The maximum Gasteiger partial charge on any atom is 0.270 e. The van der Waals surface area contributed by atoms with E-state index in [0.29, 0.717) is 5.82 Å². The molecule has 0 unspecified atom stereocenters. The van der Waals surface area contributed by atoms with Gasteiger partial charge in [-0.1, -0.05) is 12.1 Å². The van der Waals surface area contributed by atoms with Crippen LogP contribution in [0.4, 0.5) is 11.5 Å². The van der Waals surface area contributed by atoms with Gasteiger partial charge in [-0.3, -0.25) is 10.1 Å². The zero-order valence-corrected chi connectivity index (χ0v) is 9.25. The average molecular weight is 229 g/mol. The number of nitrogens with two attached hydrogens (primary N) is 1. The van der Waals surface area contributed by atoms with Gasteiger partial charge in [0.1, 0.15) is 5.82 Å². The molecule has 0 saturated carbocycles. The SMILES string of the molecule is Cc1cc(-c2cccc([N+](=O)[O-])c2)cnc1N. The fourth-order valence-corrected chi connectivity index (χ4v) is 1.54. The van der Waals surface area contributed by atoms with Crippen LogP contribution in [0.15, 0.2) is 36.5 Å². The highest BCUT2D eigenvalue weighted by Gasteiger charge is 2.07. The molecule has 1 aromatic heterocycles. The second kappa shape index (κ2) is 4.21. The Kier molecular flexibility index (Phi) is 2.74. The lowest BCUT2D eigenvalue weighted by atomic mass is 10.1. The molecule has 2 aromatic rings. The first-order valence-electron chi connectivity index (χ1n) is 5.05. The Morgan fingerprint density at radius 3 is 2.71 bits per heavy atom. The molecule has 0 spiro atoms. The summed E-state index contributed by atoms with van der Waals surface area (Å²) in [5, 5.41) is 10.7. The molecule has 0 aliphatic carbocycles.